The standard InChI is InChI=1S/C12H15F3O3S/c1-7-9-5-6-11(7,8(2)10(9,3)4)18-19(16,17)12(13,14)15/h9H,1-2,5-6H2,3-4H3/t9-,11+/m1/s1. The summed E-state index contributed by atoms with van der Waals surface area (Å²) in [5, 5.41) is 0. The van der Waals surface area contributed by atoms with Gasteiger partial charge in [-0.2, -0.15) is 21.6 Å². The molecule has 0 aromatic carbocycles. The molecule has 3 nitrogen and oxygen atoms in total. The first kappa shape index (κ1) is 14.6. The molecule has 0 N–H and O–H groups in total. The monoisotopic (exact) mass is 296 g/mol. The molecular weight excluding hydrogens is 281 g/mol. The van der Waals surface area contributed by atoms with Gasteiger partial charge in [-0.3, -0.25) is 0 Å². The lowest BCUT2D eigenvalue weighted by Crippen LogP contribution is -2.40. The summed E-state index contributed by atoms with van der Waals surface area (Å²) < 4.78 is 64.5. The SMILES string of the molecule is C=C1[C@H]2CC[C@@]1(OS(=O)(=O)C(F)(F)F)C(=C)C2(C)C. The van der Waals surface area contributed by atoms with Gasteiger partial charge in [0.25, 0.3) is 0 Å². The van der Waals surface area contributed by atoms with Crippen molar-refractivity contribution in [2.45, 2.75) is 37.8 Å². The van der Waals surface area contributed by atoms with Gasteiger partial charge in [0.05, 0.1) is 0 Å². The maximum atomic E-state index is 12.5. The van der Waals surface area contributed by atoms with E-state index in [1.807, 2.05) is 13.8 Å². The Morgan fingerprint density at radius 3 is 2.21 bits per heavy atom. The molecule has 0 heterocycles. The summed E-state index contributed by atoms with van der Waals surface area (Å²) in [5.41, 5.74) is -6.80. The van der Waals surface area contributed by atoms with Crippen molar-refractivity contribution in [3.63, 3.8) is 0 Å². The normalized spacial score (nSPS) is 34.1. The fraction of sp³-hybridized carbons (Fsp3) is 0.667. The Bertz CT molecular complexity index is 559. The molecule has 2 saturated carbocycles. The van der Waals surface area contributed by atoms with Crippen molar-refractivity contribution >= 4 is 10.1 Å². The predicted molar refractivity (Wildman–Crippen MR) is 63.6 cm³/mol. The Hall–Kier alpha value is -0.820. The number of rotatable bonds is 2. The van der Waals surface area contributed by atoms with Gasteiger partial charge in [0, 0.05) is 0 Å². The highest BCUT2D eigenvalue weighted by molar-refractivity contribution is 7.87. The van der Waals surface area contributed by atoms with E-state index in [0.29, 0.717) is 17.6 Å². The van der Waals surface area contributed by atoms with Gasteiger partial charge >= 0.3 is 15.6 Å². The molecule has 2 atom stereocenters. The summed E-state index contributed by atoms with van der Waals surface area (Å²) in [7, 11) is -5.66. The van der Waals surface area contributed by atoms with E-state index < -0.39 is 26.6 Å². The molecule has 2 bridgehead atoms. The van der Waals surface area contributed by atoms with Crippen LogP contribution >= 0.6 is 0 Å². The summed E-state index contributed by atoms with van der Waals surface area (Å²) in [6.45, 7) is 11.1. The molecule has 108 valence electrons. The number of fused-ring (bicyclic) bond motifs is 2. The van der Waals surface area contributed by atoms with Crippen molar-refractivity contribution in [1.82, 2.24) is 0 Å². The number of hydrogen-bond acceptors (Lipinski definition) is 3. The van der Waals surface area contributed by atoms with Gasteiger partial charge in [-0.15, -0.1) is 0 Å². The maximum absolute atomic E-state index is 12.5. The van der Waals surface area contributed by atoms with Crippen molar-refractivity contribution in [3.8, 4) is 0 Å². The summed E-state index contributed by atoms with van der Waals surface area (Å²) in [6, 6.07) is 0. The van der Waals surface area contributed by atoms with Crippen LogP contribution in [0.3, 0.4) is 0 Å². The van der Waals surface area contributed by atoms with E-state index in [2.05, 4.69) is 17.3 Å². The zero-order valence-electron chi connectivity index (χ0n) is 10.7. The van der Waals surface area contributed by atoms with Crippen molar-refractivity contribution in [2.24, 2.45) is 11.3 Å². The van der Waals surface area contributed by atoms with E-state index in [1.54, 1.807) is 0 Å². The summed E-state index contributed by atoms with van der Waals surface area (Å²) in [5.74, 6) is -0.0940. The highest BCUT2D eigenvalue weighted by atomic mass is 32.2. The minimum atomic E-state index is -5.66. The first-order valence-electron chi connectivity index (χ1n) is 5.77. The van der Waals surface area contributed by atoms with Crippen LogP contribution in [0.2, 0.25) is 0 Å². The molecule has 0 spiro atoms. The Balaban J connectivity index is 2.46. The van der Waals surface area contributed by atoms with Crippen LogP contribution in [0.15, 0.2) is 24.3 Å². The van der Waals surface area contributed by atoms with Crippen molar-refractivity contribution < 1.29 is 25.8 Å². The fourth-order valence-corrected chi connectivity index (χ4v) is 3.98. The van der Waals surface area contributed by atoms with Crippen molar-refractivity contribution in [1.29, 1.82) is 0 Å². The highest BCUT2D eigenvalue weighted by Gasteiger charge is 2.65. The third kappa shape index (κ3) is 1.71. The highest BCUT2D eigenvalue weighted by Crippen LogP contribution is 2.65. The quantitative estimate of drug-likeness (QED) is 0.446. The molecule has 2 aliphatic rings. The molecule has 0 radical (unpaired) electrons. The Morgan fingerprint density at radius 2 is 1.84 bits per heavy atom. The molecule has 19 heavy (non-hydrogen) atoms. The van der Waals surface area contributed by atoms with Crippen molar-refractivity contribution in [3.05, 3.63) is 24.3 Å². The third-order valence-electron chi connectivity index (χ3n) is 4.40. The van der Waals surface area contributed by atoms with Crippen LogP contribution in [0.5, 0.6) is 0 Å². The Kier molecular flexibility index (Phi) is 2.79. The summed E-state index contributed by atoms with van der Waals surface area (Å²) >= 11 is 0. The lowest BCUT2D eigenvalue weighted by molar-refractivity contribution is -0.0601. The molecule has 0 unspecified atom stereocenters. The smallest absolute Gasteiger partial charge is 0.247 e. The Morgan fingerprint density at radius 1 is 1.32 bits per heavy atom. The molecule has 7 heteroatoms. The van der Waals surface area contributed by atoms with Crippen LogP contribution in [0.1, 0.15) is 26.7 Å². The van der Waals surface area contributed by atoms with E-state index in [-0.39, 0.29) is 12.3 Å². The predicted octanol–water partition coefficient (Wildman–Crippen LogP) is 3.15. The van der Waals surface area contributed by atoms with Crippen LogP contribution in [0.25, 0.3) is 0 Å². The van der Waals surface area contributed by atoms with Gasteiger partial charge in [-0.05, 0) is 35.3 Å². The molecular formula is C12H15F3O3S. The number of halogens is 3. The van der Waals surface area contributed by atoms with Crippen LogP contribution in [-0.4, -0.2) is 19.5 Å². The van der Waals surface area contributed by atoms with Gasteiger partial charge in [0.1, 0.15) is 5.60 Å². The lowest BCUT2D eigenvalue weighted by Gasteiger charge is -2.36. The van der Waals surface area contributed by atoms with Crippen LogP contribution in [0, 0.1) is 11.3 Å². The minimum absolute atomic E-state index is 0.0940. The van der Waals surface area contributed by atoms with Gasteiger partial charge in [-0.25, -0.2) is 4.18 Å². The molecule has 2 rings (SSSR count). The second-order valence-electron chi connectivity index (χ2n) is 5.63. The second kappa shape index (κ2) is 3.63. The Labute approximate surface area is 110 Å². The average molecular weight is 296 g/mol. The molecule has 2 fully saturated rings. The average Bonchev–Trinajstić information content (AvgIpc) is 2.58. The van der Waals surface area contributed by atoms with E-state index in [9.17, 15) is 21.6 Å². The molecule has 0 aromatic rings. The molecule has 2 aliphatic carbocycles. The zero-order valence-corrected chi connectivity index (χ0v) is 11.5. The van der Waals surface area contributed by atoms with E-state index in [0.717, 1.165) is 0 Å². The lowest BCUT2D eigenvalue weighted by atomic mass is 9.72. The van der Waals surface area contributed by atoms with E-state index in [4.69, 9.17) is 0 Å². The summed E-state index contributed by atoms with van der Waals surface area (Å²) in [4.78, 5) is 0. The molecule has 0 saturated heterocycles. The maximum Gasteiger partial charge on any atom is 0.523 e. The first-order chi connectivity index (χ1) is 8.36. The number of hydrogen-bond donors (Lipinski definition) is 0. The summed E-state index contributed by atoms with van der Waals surface area (Å²) in [6.07, 6.45) is 0.728. The van der Waals surface area contributed by atoms with Crippen molar-refractivity contribution in [2.75, 3.05) is 0 Å². The molecule has 0 aromatic heterocycles. The minimum Gasteiger partial charge on any atom is -0.247 e. The van der Waals surface area contributed by atoms with Gasteiger partial charge in [0.15, 0.2) is 0 Å². The first-order valence-corrected chi connectivity index (χ1v) is 7.18. The van der Waals surface area contributed by atoms with E-state index in [1.165, 1.54) is 0 Å². The largest absolute Gasteiger partial charge is 0.523 e. The van der Waals surface area contributed by atoms with Gasteiger partial charge < -0.3 is 0 Å². The van der Waals surface area contributed by atoms with Crippen LogP contribution in [-0.2, 0) is 14.3 Å². The van der Waals surface area contributed by atoms with E-state index >= 15 is 0 Å². The number of alkyl halides is 3. The van der Waals surface area contributed by atoms with Crippen LogP contribution in [0.4, 0.5) is 13.2 Å². The molecule has 0 aliphatic heterocycles. The van der Waals surface area contributed by atoms with Crippen LogP contribution < -0.4 is 0 Å². The third-order valence-corrected chi connectivity index (χ3v) is 5.47. The van der Waals surface area contributed by atoms with Gasteiger partial charge in [0.2, 0.25) is 0 Å². The topological polar surface area (TPSA) is 43.4 Å². The fourth-order valence-electron chi connectivity index (χ4n) is 3.22. The van der Waals surface area contributed by atoms with Gasteiger partial charge in [-0.1, -0.05) is 27.0 Å². The molecule has 0 amide bonds. The second-order valence-corrected chi connectivity index (χ2v) is 7.16. The zero-order chi connectivity index (χ0) is 14.9.